The Kier molecular flexibility index (Phi) is 3.69. The molecule has 16 heavy (non-hydrogen) atoms. The van der Waals surface area contributed by atoms with Crippen LogP contribution in [0.4, 0.5) is 0 Å². The standard InChI is InChI=1S/C11H15N3OS/c1-3-8-5-6-9(16-8)11-13-10(14-15-11)7-12-4-2/h5-6,12H,3-4,7H2,1-2H3. The number of thiophene rings is 1. The Morgan fingerprint density at radius 1 is 1.38 bits per heavy atom. The number of aryl methyl sites for hydroxylation is 1. The lowest BCUT2D eigenvalue weighted by Gasteiger charge is -1.92. The van der Waals surface area contributed by atoms with E-state index in [4.69, 9.17) is 4.52 Å². The molecule has 2 aromatic rings. The first-order valence-electron chi connectivity index (χ1n) is 5.45. The summed E-state index contributed by atoms with van der Waals surface area (Å²) in [5, 5.41) is 7.09. The summed E-state index contributed by atoms with van der Waals surface area (Å²) in [5.41, 5.74) is 0. The minimum absolute atomic E-state index is 0.623. The van der Waals surface area contributed by atoms with Crippen molar-refractivity contribution in [2.45, 2.75) is 26.8 Å². The topological polar surface area (TPSA) is 51.0 Å². The van der Waals surface area contributed by atoms with Gasteiger partial charge in [-0.3, -0.25) is 0 Å². The molecular formula is C11H15N3OS. The zero-order valence-corrected chi connectivity index (χ0v) is 10.3. The summed E-state index contributed by atoms with van der Waals surface area (Å²) in [7, 11) is 0. The van der Waals surface area contributed by atoms with Crippen molar-refractivity contribution in [3.63, 3.8) is 0 Å². The van der Waals surface area contributed by atoms with Crippen molar-refractivity contribution in [3.05, 3.63) is 22.8 Å². The molecule has 86 valence electrons. The molecule has 5 heteroatoms. The monoisotopic (exact) mass is 237 g/mol. The van der Waals surface area contributed by atoms with Crippen LogP contribution in [0, 0.1) is 0 Å². The van der Waals surface area contributed by atoms with Crippen LogP contribution in [0.1, 0.15) is 24.5 Å². The van der Waals surface area contributed by atoms with E-state index >= 15 is 0 Å². The van der Waals surface area contributed by atoms with Crippen LogP contribution in [0.5, 0.6) is 0 Å². The van der Waals surface area contributed by atoms with Crippen LogP contribution >= 0.6 is 11.3 Å². The average Bonchev–Trinajstić information content (AvgIpc) is 2.94. The Balaban J connectivity index is 2.11. The van der Waals surface area contributed by atoms with Crippen molar-refractivity contribution in [1.29, 1.82) is 0 Å². The maximum absolute atomic E-state index is 5.21. The summed E-state index contributed by atoms with van der Waals surface area (Å²) >= 11 is 1.71. The number of aromatic nitrogens is 2. The smallest absolute Gasteiger partial charge is 0.268 e. The molecule has 0 spiro atoms. The summed E-state index contributed by atoms with van der Waals surface area (Å²) in [6.45, 7) is 5.75. The van der Waals surface area contributed by atoms with Crippen molar-refractivity contribution in [1.82, 2.24) is 15.5 Å². The average molecular weight is 237 g/mol. The van der Waals surface area contributed by atoms with Crippen LogP contribution in [0.2, 0.25) is 0 Å². The molecule has 0 aromatic carbocycles. The predicted octanol–water partition coefficient (Wildman–Crippen LogP) is 2.47. The van der Waals surface area contributed by atoms with Gasteiger partial charge in [-0.05, 0) is 25.1 Å². The molecule has 0 saturated carbocycles. The molecule has 4 nitrogen and oxygen atoms in total. The number of hydrogen-bond donors (Lipinski definition) is 1. The lowest BCUT2D eigenvalue weighted by atomic mass is 10.4. The van der Waals surface area contributed by atoms with E-state index in [2.05, 4.69) is 28.4 Å². The van der Waals surface area contributed by atoms with Crippen molar-refractivity contribution in [2.75, 3.05) is 6.54 Å². The molecule has 0 amide bonds. The first-order chi connectivity index (χ1) is 7.83. The van der Waals surface area contributed by atoms with E-state index in [1.165, 1.54) is 4.88 Å². The largest absolute Gasteiger partial charge is 0.333 e. The van der Waals surface area contributed by atoms with Gasteiger partial charge in [0.05, 0.1) is 11.4 Å². The Labute approximate surface area is 98.7 Å². The maximum atomic E-state index is 5.21. The molecule has 0 saturated heterocycles. The van der Waals surface area contributed by atoms with Gasteiger partial charge in [0.1, 0.15) is 0 Å². The van der Waals surface area contributed by atoms with Gasteiger partial charge in [-0.2, -0.15) is 4.98 Å². The fourth-order valence-corrected chi connectivity index (χ4v) is 2.21. The predicted molar refractivity (Wildman–Crippen MR) is 64.4 cm³/mol. The Morgan fingerprint density at radius 3 is 2.94 bits per heavy atom. The summed E-state index contributed by atoms with van der Waals surface area (Å²) in [5.74, 6) is 1.33. The summed E-state index contributed by atoms with van der Waals surface area (Å²) in [6.07, 6.45) is 1.04. The molecule has 0 radical (unpaired) electrons. The minimum Gasteiger partial charge on any atom is -0.333 e. The van der Waals surface area contributed by atoms with Gasteiger partial charge in [-0.25, -0.2) is 0 Å². The maximum Gasteiger partial charge on any atom is 0.268 e. The van der Waals surface area contributed by atoms with Crippen LogP contribution in [-0.2, 0) is 13.0 Å². The second-order valence-corrected chi connectivity index (χ2v) is 4.58. The molecule has 0 aliphatic rings. The molecule has 0 bridgehead atoms. The Bertz CT molecular complexity index is 450. The highest BCUT2D eigenvalue weighted by Gasteiger charge is 2.10. The van der Waals surface area contributed by atoms with Crippen LogP contribution in [-0.4, -0.2) is 16.7 Å². The van der Waals surface area contributed by atoms with E-state index in [0.717, 1.165) is 17.8 Å². The Morgan fingerprint density at radius 2 is 2.25 bits per heavy atom. The van der Waals surface area contributed by atoms with Crippen LogP contribution in [0.25, 0.3) is 10.8 Å². The normalized spacial score (nSPS) is 10.9. The van der Waals surface area contributed by atoms with E-state index < -0.39 is 0 Å². The fraction of sp³-hybridized carbons (Fsp3) is 0.455. The third-order valence-electron chi connectivity index (χ3n) is 2.22. The molecule has 0 aliphatic heterocycles. The Hall–Kier alpha value is -1.20. The first-order valence-corrected chi connectivity index (χ1v) is 6.27. The first kappa shape index (κ1) is 11.3. The van der Waals surface area contributed by atoms with Crippen molar-refractivity contribution < 1.29 is 4.52 Å². The molecule has 0 aliphatic carbocycles. The van der Waals surface area contributed by atoms with E-state index in [9.17, 15) is 0 Å². The fourth-order valence-electron chi connectivity index (χ4n) is 1.35. The molecule has 0 unspecified atom stereocenters. The third kappa shape index (κ3) is 2.48. The number of rotatable bonds is 5. The molecule has 0 fully saturated rings. The van der Waals surface area contributed by atoms with Crippen LogP contribution < -0.4 is 5.32 Å². The summed E-state index contributed by atoms with van der Waals surface area (Å²) in [4.78, 5) is 6.72. The van der Waals surface area contributed by atoms with E-state index in [1.807, 2.05) is 13.0 Å². The van der Waals surface area contributed by atoms with Gasteiger partial charge in [0, 0.05) is 4.88 Å². The molecular weight excluding hydrogens is 222 g/mol. The van der Waals surface area contributed by atoms with Gasteiger partial charge in [-0.1, -0.05) is 19.0 Å². The van der Waals surface area contributed by atoms with Crippen molar-refractivity contribution >= 4 is 11.3 Å². The molecule has 1 N–H and O–H groups in total. The lowest BCUT2D eigenvalue weighted by molar-refractivity contribution is 0.420. The van der Waals surface area contributed by atoms with Crippen LogP contribution in [0.15, 0.2) is 16.7 Å². The lowest BCUT2D eigenvalue weighted by Crippen LogP contribution is -2.12. The summed E-state index contributed by atoms with van der Waals surface area (Å²) in [6, 6.07) is 4.14. The number of nitrogens with one attached hydrogen (secondary N) is 1. The SMILES string of the molecule is CCNCc1noc(-c2ccc(CC)s2)n1. The number of nitrogens with zero attached hydrogens (tertiary/aromatic N) is 2. The molecule has 2 heterocycles. The third-order valence-corrected chi connectivity index (χ3v) is 3.44. The minimum atomic E-state index is 0.623. The second kappa shape index (κ2) is 5.23. The van der Waals surface area contributed by atoms with E-state index in [-0.39, 0.29) is 0 Å². The van der Waals surface area contributed by atoms with Gasteiger partial charge in [0.25, 0.3) is 5.89 Å². The van der Waals surface area contributed by atoms with Crippen LogP contribution in [0.3, 0.4) is 0 Å². The second-order valence-electron chi connectivity index (χ2n) is 3.42. The molecule has 2 aromatic heterocycles. The number of hydrogen-bond acceptors (Lipinski definition) is 5. The van der Waals surface area contributed by atoms with Gasteiger partial charge >= 0.3 is 0 Å². The zero-order chi connectivity index (χ0) is 11.4. The van der Waals surface area contributed by atoms with Crippen molar-refractivity contribution in [2.24, 2.45) is 0 Å². The van der Waals surface area contributed by atoms with Crippen molar-refractivity contribution in [3.8, 4) is 10.8 Å². The van der Waals surface area contributed by atoms with Gasteiger partial charge in [0.2, 0.25) is 0 Å². The highest BCUT2D eigenvalue weighted by atomic mass is 32.1. The van der Waals surface area contributed by atoms with E-state index in [1.54, 1.807) is 11.3 Å². The van der Waals surface area contributed by atoms with E-state index in [0.29, 0.717) is 18.3 Å². The van der Waals surface area contributed by atoms with Gasteiger partial charge in [0.15, 0.2) is 5.82 Å². The highest BCUT2D eigenvalue weighted by molar-refractivity contribution is 7.15. The quantitative estimate of drug-likeness (QED) is 0.868. The van der Waals surface area contributed by atoms with Gasteiger partial charge < -0.3 is 9.84 Å². The molecule has 0 atom stereocenters. The van der Waals surface area contributed by atoms with Gasteiger partial charge in [-0.15, -0.1) is 11.3 Å². The zero-order valence-electron chi connectivity index (χ0n) is 9.49. The highest BCUT2D eigenvalue weighted by Crippen LogP contribution is 2.26. The molecule has 2 rings (SSSR count). The summed E-state index contributed by atoms with van der Waals surface area (Å²) < 4.78 is 5.21.